The molecule has 0 unspecified atom stereocenters. The van der Waals surface area contributed by atoms with E-state index in [1.54, 1.807) is 0 Å². The van der Waals surface area contributed by atoms with Gasteiger partial charge in [-0.25, -0.2) is 0 Å². The topological polar surface area (TPSA) is 63.3 Å². The van der Waals surface area contributed by atoms with Crippen LogP contribution < -0.4 is 5.73 Å². The van der Waals surface area contributed by atoms with E-state index in [0.29, 0.717) is 0 Å². The van der Waals surface area contributed by atoms with E-state index in [-0.39, 0.29) is 11.4 Å². The first-order chi connectivity index (χ1) is 3.13. The number of carboxylic acids is 1. The summed E-state index contributed by atoms with van der Waals surface area (Å²) in [5, 5.41) is 7.92. The minimum absolute atomic E-state index is 0.0208. The predicted molar refractivity (Wildman–Crippen MR) is 29.0 cm³/mol. The number of hydrogen-bond donors (Lipinski definition) is 2. The monoisotopic (exact) mass is 119 g/mol. The van der Waals surface area contributed by atoms with Crippen LogP contribution in [0, 0.1) is 0 Å². The molecule has 4 heteroatoms. The highest BCUT2D eigenvalue weighted by Crippen LogP contribution is 1.75. The second kappa shape index (κ2) is 2.52. The highest BCUT2D eigenvalue weighted by atomic mass is 32.1. The number of rotatable bonds is 2. The predicted octanol–water partition coefficient (Wildman–Crippen LogP) is -0.253. The Morgan fingerprint density at radius 1 is 1.86 bits per heavy atom. The minimum atomic E-state index is -0.979. The Balaban J connectivity index is 3.32. The fourth-order valence-electron chi connectivity index (χ4n) is 0.149. The van der Waals surface area contributed by atoms with Gasteiger partial charge >= 0.3 is 5.97 Å². The average Bonchev–Trinajstić information content (AvgIpc) is 1.27. The van der Waals surface area contributed by atoms with Gasteiger partial charge in [0, 0.05) is 0 Å². The zero-order chi connectivity index (χ0) is 5.86. The smallest absolute Gasteiger partial charge is 0.310 e. The van der Waals surface area contributed by atoms with Crippen molar-refractivity contribution in [3.05, 3.63) is 0 Å². The van der Waals surface area contributed by atoms with Gasteiger partial charge in [0.05, 0.1) is 11.4 Å². The molecule has 0 aromatic heterocycles. The minimum Gasteiger partial charge on any atom is -0.481 e. The molecule has 0 atom stereocenters. The quantitative estimate of drug-likeness (QED) is 0.492. The van der Waals surface area contributed by atoms with E-state index in [4.69, 9.17) is 10.8 Å². The SMILES string of the molecule is NC(=S)CC(=O)O. The lowest BCUT2D eigenvalue weighted by Crippen LogP contribution is -2.12. The highest BCUT2D eigenvalue weighted by Gasteiger charge is 1.95. The molecule has 0 radical (unpaired) electrons. The normalized spacial score (nSPS) is 8.00. The Hall–Kier alpha value is -0.640. The molecule has 0 fully saturated rings. The summed E-state index contributed by atoms with van der Waals surface area (Å²) in [5.74, 6) is -0.979. The Morgan fingerprint density at radius 3 is 2.29 bits per heavy atom. The molecule has 3 nitrogen and oxygen atoms in total. The Bertz CT molecular complexity index is 89.1. The maximum atomic E-state index is 9.64. The number of thiocarbonyl (C=S) groups is 1. The molecular formula is C3H5NO2S. The van der Waals surface area contributed by atoms with Crippen LogP contribution in [0.15, 0.2) is 0 Å². The van der Waals surface area contributed by atoms with Crippen molar-refractivity contribution in [1.82, 2.24) is 0 Å². The number of hydrogen-bond acceptors (Lipinski definition) is 2. The van der Waals surface area contributed by atoms with Gasteiger partial charge in [-0.3, -0.25) is 4.79 Å². The molecule has 0 aromatic carbocycles. The van der Waals surface area contributed by atoms with Crippen LogP contribution in [-0.2, 0) is 4.79 Å². The Morgan fingerprint density at radius 2 is 2.29 bits per heavy atom. The average molecular weight is 119 g/mol. The molecule has 40 valence electrons. The van der Waals surface area contributed by atoms with E-state index in [9.17, 15) is 4.79 Å². The lowest BCUT2D eigenvalue weighted by atomic mass is 10.4. The van der Waals surface area contributed by atoms with Gasteiger partial charge in [-0.15, -0.1) is 0 Å². The maximum absolute atomic E-state index is 9.64. The van der Waals surface area contributed by atoms with Crippen molar-refractivity contribution in [2.24, 2.45) is 5.73 Å². The Kier molecular flexibility index (Phi) is 2.29. The number of carbonyl (C=O) groups is 1. The van der Waals surface area contributed by atoms with Gasteiger partial charge in [-0.05, 0) is 0 Å². The van der Waals surface area contributed by atoms with E-state index >= 15 is 0 Å². The third kappa shape index (κ3) is 5.36. The van der Waals surface area contributed by atoms with Crippen molar-refractivity contribution in [2.45, 2.75) is 6.42 Å². The number of nitrogens with two attached hydrogens (primary N) is 1. The molecule has 0 aliphatic carbocycles. The van der Waals surface area contributed by atoms with Crippen LogP contribution in [0.4, 0.5) is 0 Å². The molecule has 0 heterocycles. The van der Waals surface area contributed by atoms with Crippen molar-refractivity contribution in [3.8, 4) is 0 Å². The van der Waals surface area contributed by atoms with Crippen LogP contribution in [-0.4, -0.2) is 16.1 Å². The van der Waals surface area contributed by atoms with Crippen molar-refractivity contribution in [1.29, 1.82) is 0 Å². The third-order valence-electron chi connectivity index (χ3n) is 0.325. The summed E-state index contributed by atoms with van der Waals surface area (Å²) in [4.78, 5) is 9.66. The molecule has 0 aliphatic rings. The molecule has 0 aromatic rings. The summed E-state index contributed by atoms with van der Waals surface area (Å²) in [6.07, 6.45) is -0.213. The molecule has 0 saturated carbocycles. The summed E-state index contributed by atoms with van der Waals surface area (Å²) >= 11 is 4.27. The van der Waals surface area contributed by atoms with Crippen molar-refractivity contribution in [2.75, 3.05) is 0 Å². The summed E-state index contributed by atoms with van der Waals surface area (Å²) in [6.45, 7) is 0. The van der Waals surface area contributed by atoms with E-state index in [1.165, 1.54) is 0 Å². The molecular weight excluding hydrogens is 114 g/mol. The first-order valence-corrected chi connectivity index (χ1v) is 2.04. The van der Waals surface area contributed by atoms with Crippen molar-refractivity contribution < 1.29 is 9.90 Å². The molecule has 0 bridgehead atoms. The van der Waals surface area contributed by atoms with Gasteiger partial charge in [-0.2, -0.15) is 0 Å². The molecule has 0 rings (SSSR count). The lowest BCUT2D eigenvalue weighted by molar-refractivity contribution is -0.135. The van der Waals surface area contributed by atoms with E-state index in [0.717, 1.165) is 0 Å². The van der Waals surface area contributed by atoms with Crippen LogP contribution in [0.5, 0.6) is 0 Å². The second-order valence-electron chi connectivity index (χ2n) is 1.04. The van der Waals surface area contributed by atoms with Crippen molar-refractivity contribution in [3.63, 3.8) is 0 Å². The summed E-state index contributed by atoms with van der Waals surface area (Å²) in [7, 11) is 0. The largest absolute Gasteiger partial charge is 0.481 e. The zero-order valence-corrected chi connectivity index (χ0v) is 4.36. The first kappa shape index (κ1) is 6.36. The van der Waals surface area contributed by atoms with E-state index < -0.39 is 5.97 Å². The first-order valence-electron chi connectivity index (χ1n) is 1.63. The van der Waals surface area contributed by atoms with Crippen LogP contribution in [0.25, 0.3) is 0 Å². The highest BCUT2D eigenvalue weighted by molar-refractivity contribution is 7.80. The third-order valence-corrected chi connectivity index (χ3v) is 0.470. The van der Waals surface area contributed by atoms with Crippen LogP contribution >= 0.6 is 12.2 Å². The summed E-state index contributed by atoms with van der Waals surface area (Å²) in [5.41, 5.74) is 4.84. The van der Waals surface area contributed by atoms with E-state index in [1.807, 2.05) is 0 Å². The molecule has 0 saturated heterocycles. The fourth-order valence-corrected chi connectivity index (χ4v) is 0.273. The zero-order valence-electron chi connectivity index (χ0n) is 3.55. The molecule has 3 N–H and O–H groups in total. The van der Waals surface area contributed by atoms with Crippen LogP contribution in [0.3, 0.4) is 0 Å². The van der Waals surface area contributed by atoms with Gasteiger partial charge in [0.25, 0.3) is 0 Å². The molecule has 0 spiro atoms. The lowest BCUT2D eigenvalue weighted by Gasteiger charge is -1.84. The summed E-state index contributed by atoms with van der Waals surface area (Å²) < 4.78 is 0. The van der Waals surface area contributed by atoms with Gasteiger partial charge in [0.15, 0.2) is 0 Å². The molecule has 0 aliphatic heterocycles. The van der Waals surface area contributed by atoms with E-state index in [2.05, 4.69) is 12.2 Å². The summed E-state index contributed by atoms with van der Waals surface area (Å²) in [6, 6.07) is 0. The van der Waals surface area contributed by atoms with Crippen LogP contribution in [0.1, 0.15) is 6.42 Å². The maximum Gasteiger partial charge on any atom is 0.310 e. The standard InChI is InChI=1S/C3H5NO2S/c4-2(7)1-3(5)6/h1H2,(H2,4,7)(H,5,6). The second-order valence-corrected chi connectivity index (χ2v) is 1.56. The van der Waals surface area contributed by atoms with Gasteiger partial charge in [0.1, 0.15) is 0 Å². The van der Waals surface area contributed by atoms with Crippen LogP contribution in [0.2, 0.25) is 0 Å². The van der Waals surface area contributed by atoms with Crippen molar-refractivity contribution >= 4 is 23.2 Å². The number of carboxylic acid groups (broad SMARTS) is 1. The number of aliphatic carboxylic acids is 1. The van der Waals surface area contributed by atoms with Gasteiger partial charge in [-0.1, -0.05) is 12.2 Å². The van der Waals surface area contributed by atoms with Gasteiger partial charge < -0.3 is 10.8 Å². The van der Waals surface area contributed by atoms with Gasteiger partial charge in [0.2, 0.25) is 0 Å². The fraction of sp³-hybridized carbons (Fsp3) is 0.333. The molecule has 0 amide bonds. The Labute approximate surface area is 46.1 Å². The molecule has 7 heavy (non-hydrogen) atoms.